The zero-order chi connectivity index (χ0) is 15.1. The summed E-state index contributed by atoms with van der Waals surface area (Å²) in [6, 6.07) is 4.95. The highest BCUT2D eigenvalue weighted by molar-refractivity contribution is 5.93. The van der Waals surface area contributed by atoms with Crippen molar-refractivity contribution in [3.8, 4) is 0 Å². The van der Waals surface area contributed by atoms with Gasteiger partial charge < -0.3 is 17.2 Å². The maximum absolute atomic E-state index is 11.1. The van der Waals surface area contributed by atoms with E-state index in [0.29, 0.717) is 17.8 Å². The van der Waals surface area contributed by atoms with Gasteiger partial charge in [-0.2, -0.15) is 0 Å². The molecule has 0 radical (unpaired) electrons. The number of rotatable bonds is 8. The number of nitrogens with two attached hydrogens (primary N) is 3. The van der Waals surface area contributed by atoms with Crippen molar-refractivity contribution in [3.63, 3.8) is 0 Å². The Hall–Kier alpha value is -2.08. The topological polar surface area (TPSA) is 115 Å². The van der Waals surface area contributed by atoms with Crippen LogP contribution >= 0.6 is 0 Å². The first-order chi connectivity index (χ1) is 9.43. The van der Waals surface area contributed by atoms with Crippen LogP contribution < -0.4 is 17.2 Å². The number of carbonyl (C=O) groups excluding carboxylic acids is 2. The summed E-state index contributed by atoms with van der Waals surface area (Å²) in [5, 5.41) is 0. The average Bonchev–Trinajstić information content (AvgIpc) is 2.37. The summed E-state index contributed by atoms with van der Waals surface area (Å²) in [5.74, 6) is -0.878. The Labute approximate surface area is 118 Å². The summed E-state index contributed by atoms with van der Waals surface area (Å²) < 4.78 is 0. The molecule has 0 bridgehead atoms. The van der Waals surface area contributed by atoms with Gasteiger partial charge in [0.15, 0.2) is 0 Å². The second-order valence-electron chi connectivity index (χ2n) is 4.81. The van der Waals surface area contributed by atoms with E-state index in [1.165, 1.54) is 0 Å². The van der Waals surface area contributed by atoms with Gasteiger partial charge >= 0.3 is 0 Å². The maximum Gasteiger partial charge on any atom is 0.248 e. The van der Waals surface area contributed by atoms with Crippen molar-refractivity contribution in [2.24, 2.45) is 11.5 Å². The molecule has 20 heavy (non-hydrogen) atoms. The first kappa shape index (κ1) is 16.0. The quantitative estimate of drug-likeness (QED) is 0.599. The van der Waals surface area contributed by atoms with Crippen LogP contribution in [-0.4, -0.2) is 29.8 Å². The van der Waals surface area contributed by atoms with Crippen molar-refractivity contribution in [1.29, 1.82) is 0 Å². The zero-order valence-electron chi connectivity index (χ0n) is 11.8. The van der Waals surface area contributed by atoms with Gasteiger partial charge in [0, 0.05) is 17.8 Å². The van der Waals surface area contributed by atoms with Crippen LogP contribution in [-0.2, 0) is 11.3 Å². The van der Waals surface area contributed by atoms with Crippen LogP contribution in [0.1, 0.15) is 35.7 Å². The number of benzene rings is 1. The van der Waals surface area contributed by atoms with E-state index in [0.717, 1.165) is 24.9 Å². The number of nitrogens with zero attached hydrogens (tertiary/aromatic N) is 1. The predicted octanol–water partition coefficient (Wildman–Crippen LogP) is 0.455. The maximum atomic E-state index is 11.1. The summed E-state index contributed by atoms with van der Waals surface area (Å²) in [5.41, 5.74) is 18.1. The number of amides is 2. The highest BCUT2D eigenvalue weighted by Crippen LogP contribution is 2.16. The standard InChI is InChI=1S/C14H22N4O2/c1-2-3-6-18(9-13(16)19)8-11-5-4-10(14(17)20)7-12(11)15/h4-5,7H,2-3,6,8-9,15H2,1H3,(H2,16,19)(H2,17,20). The molecule has 0 aliphatic carbocycles. The zero-order valence-corrected chi connectivity index (χ0v) is 11.8. The van der Waals surface area contributed by atoms with Gasteiger partial charge in [0.05, 0.1) is 6.54 Å². The van der Waals surface area contributed by atoms with Crippen LogP contribution in [0.4, 0.5) is 5.69 Å². The summed E-state index contributed by atoms with van der Waals surface area (Å²) in [6.07, 6.45) is 2.01. The van der Waals surface area contributed by atoms with Gasteiger partial charge in [0.25, 0.3) is 0 Å². The number of carbonyl (C=O) groups is 2. The molecule has 0 saturated heterocycles. The minimum Gasteiger partial charge on any atom is -0.398 e. The predicted molar refractivity (Wildman–Crippen MR) is 78.8 cm³/mol. The molecule has 2 amide bonds. The summed E-state index contributed by atoms with van der Waals surface area (Å²) >= 11 is 0. The number of nitrogen functional groups attached to an aromatic ring is 1. The first-order valence-corrected chi connectivity index (χ1v) is 6.63. The van der Waals surface area contributed by atoms with Gasteiger partial charge in [0.1, 0.15) is 0 Å². The fourth-order valence-corrected chi connectivity index (χ4v) is 1.95. The highest BCUT2D eigenvalue weighted by Gasteiger charge is 2.11. The normalized spacial score (nSPS) is 10.7. The Morgan fingerprint density at radius 3 is 2.45 bits per heavy atom. The van der Waals surface area contributed by atoms with Crippen LogP contribution in [0.25, 0.3) is 0 Å². The van der Waals surface area contributed by atoms with E-state index in [9.17, 15) is 9.59 Å². The molecule has 1 rings (SSSR count). The summed E-state index contributed by atoms with van der Waals surface area (Å²) in [7, 11) is 0. The molecule has 6 N–H and O–H groups in total. The third kappa shape index (κ3) is 4.89. The van der Waals surface area contributed by atoms with Crippen LogP contribution in [0.3, 0.4) is 0 Å². The van der Waals surface area contributed by atoms with Gasteiger partial charge in [-0.05, 0) is 30.7 Å². The van der Waals surface area contributed by atoms with Gasteiger partial charge in [-0.3, -0.25) is 14.5 Å². The van der Waals surface area contributed by atoms with Crippen LogP contribution in [0.2, 0.25) is 0 Å². The minimum atomic E-state index is -0.511. The lowest BCUT2D eigenvalue weighted by Crippen LogP contribution is -2.34. The number of hydrogen-bond acceptors (Lipinski definition) is 4. The molecule has 0 aliphatic heterocycles. The Morgan fingerprint density at radius 2 is 1.95 bits per heavy atom. The van der Waals surface area contributed by atoms with Gasteiger partial charge in [0.2, 0.25) is 11.8 Å². The molecule has 110 valence electrons. The van der Waals surface area contributed by atoms with Crippen LogP contribution in [0.15, 0.2) is 18.2 Å². The van der Waals surface area contributed by atoms with Crippen LogP contribution in [0.5, 0.6) is 0 Å². The molecule has 0 aliphatic rings. The van der Waals surface area contributed by atoms with E-state index < -0.39 is 5.91 Å². The molecule has 6 nitrogen and oxygen atoms in total. The second kappa shape index (κ2) is 7.49. The number of anilines is 1. The van der Waals surface area contributed by atoms with E-state index in [4.69, 9.17) is 17.2 Å². The second-order valence-corrected chi connectivity index (χ2v) is 4.81. The molecule has 0 saturated carbocycles. The molecule has 0 atom stereocenters. The Kier molecular flexibility index (Phi) is 5.99. The Bertz CT molecular complexity index is 488. The third-order valence-electron chi connectivity index (χ3n) is 3.03. The molecule has 6 heteroatoms. The molecule has 0 unspecified atom stereocenters. The lowest BCUT2D eigenvalue weighted by atomic mass is 10.1. The molecule has 0 spiro atoms. The van der Waals surface area contributed by atoms with Gasteiger partial charge in [-0.25, -0.2) is 0 Å². The molecule has 1 aromatic carbocycles. The van der Waals surface area contributed by atoms with Crippen molar-refractivity contribution >= 4 is 17.5 Å². The number of primary amides is 2. The van der Waals surface area contributed by atoms with E-state index in [1.54, 1.807) is 18.2 Å². The molecule has 0 heterocycles. The Balaban J connectivity index is 2.81. The molecule has 0 fully saturated rings. The minimum absolute atomic E-state index is 0.191. The Morgan fingerprint density at radius 1 is 1.25 bits per heavy atom. The smallest absolute Gasteiger partial charge is 0.248 e. The molecular weight excluding hydrogens is 256 g/mol. The van der Waals surface area contributed by atoms with Crippen molar-refractivity contribution in [2.75, 3.05) is 18.8 Å². The van der Waals surface area contributed by atoms with Crippen molar-refractivity contribution in [2.45, 2.75) is 26.3 Å². The van der Waals surface area contributed by atoms with Crippen molar-refractivity contribution < 1.29 is 9.59 Å². The van der Waals surface area contributed by atoms with Crippen molar-refractivity contribution in [3.05, 3.63) is 29.3 Å². The largest absolute Gasteiger partial charge is 0.398 e. The fraction of sp³-hybridized carbons (Fsp3) is 0.429. The van der Waals surface area contributed by atoms with E-state index in [1.807, 2.05) is 4.90 Å². The molecule has 1 aromatic rings. The van der Waals surface area contributed by atoms with E-state index in [2.05, 4.69) is 6.92 Å². The van der Waals surface area contributed by atoms with Crippen LogP contribution in [0, 0.1) is 0 Å². The monoisotopic (exact) mass is 278 g/mol. The lowest BCUT2D eigenvalue weighted by molar-refractivity contribution is -0.119. The van der Waals surface area contributed by atoms with Crippen molar-refractivity contribution in [1.82, 2.24) is 4.90 Å². The SMILES string of the molecule is CCCCN(CC(N)=O)Cc1ccc(C(N)=O)cc1N. The lowest BCUT2D eigenvalue weighted by Gasteiger charge is -2.21. The van der Waals surface area contributed by atoms with Gasteiger partial charge in [-0.1, -0.05) is 19.4 Å². The molecular formula is C14H22N4O2. The number of unbranched alkanes of at least 4 members (excludes halogenated alkanes) is 1. The number of hydrogen-bond donors (Lipinski definition) is 3. The average molecular weight is 278 g/mol. The van der Waals surface area contributed by atoms with E-state index >= 15 is 0 Å². The molecule has 0 aromatic heterocycles. The summed E-state index contributed by atoms with van der Waals surface area (Å²) in [4.78, 5) is 24.1. The van der Waals surface area contributed by atoms with E-state index in [-0.39, 0.29) is 12.5 Å². The third-order valence-corrected chi connectivity index (χ3v) is 3.03. The van der Waals surface area contributed by atoms with Gasteiger partial charge in [-0.15, -0.1) is 0 Å². The first-order valence-electron chi connectivity index (χ1n) is 6.63. The fourth-order valence-electron chi connectivity index (χ4n) is 1.95. The highest BCUT2D eigenvalue weighted by atomic mass is 16.1. The summed E-state index contributed by atoms with van der Waals surface area (Å²) in [6.45, 7) is 3.57.